The predicted octanol–water partition coefficient (Wildman–Crippen LogP) is 2.15. The van der Waals surface area contributed by atoms with Crippen LogP contribution in [0.3, 0.4) is 0 Å². The molecule has 0 fully saturated rings. The molecular formula is C22H28FN3O5S. The fourth-order valence-electron chi connectivity index (χ4n) is 3.14. The number of rotatable bonds is 10. The first-order chi connectivity index (χ1) is 15.1. The summed E-state index contributed by atoms with van der Waals surface area (Å²) in [7, 11) is -2.47. The van der Waals surface area contributed by atoms with Gasteiger partial charge in [0.15, 0.2) is 0 Å². The zero-order valence-corrected chi connectivity index (χ0v) is 19.4. The average Bonchev–Trinajstić information content (AvgIpc) is 2.75. The van der Waals surface area contributed by atoms with Crippen molar-refractivity contribution in [2.75, 3.05) is 30.8 Å². The van der Waals surface area contributed by atoms with Crippen molar-refractivity contribution in [2.24, 2.45) is 0 Å². The van der Waals surface area contributed by atoms with Crippen molar-refractivity contribution >= 4 is 27.5 Å². The standard InChI is InChI=1S/C22H28FN3O5S/c1-5-31-20-13-9-8-12-19(20)26(32(4,29)30)15-21(27)25(16(2)22(28)24-3)14-17-10-6-7-11-18(17)23/h6-13,16H,5,14-15H2,1-4H3,(H,24,28)/t16-/m1/s1. The van der Waals surface area contributed by atoms with E-state index >= 15 is 0 Å². The van der Waals surface area contributed by atoms with Crippen molar-refractivity contribution in [3.63, 3.8) is 0 Å². The summed E-state index contributed by atoms with van der Waals surface area (Å²) in [5.41, 5.74) is 0.404. The first-order valence-electron chi connectivity index (χ1n) is 10.0. The van der Waals surface area contributed by atoms with E-state index in [1.807, 2.05) is 0 Å². The molecule has 0 aromatic heterocycles. The third-order valence-electron chi connectivity index (χ3n) is 4.83. The van der Waals surface area contributed by atoms with Crippen LogP contribution in [0.4, 0.5) is 10.1 Å². The van der Waals surface area contributed by atoms with E-state index in [1.54, 1.807) is 31.2 Å². The number of nitrogens with zero attached hydrogens (tertiary/aromatic N) is 2. The minimum absolute atomic E-state index is 0.198. The van der Waals surface area contributed by atoms with Gasteiger partial charge in [0.25, 0.3) is 0 Å². The normalized spacial score (nSPS) is 12.0. The zero-order valence-electron chi connectivity index (χ0n) is 18.5. The fourth-order valence-corrected chi connectivity index (χ4v) is 3.99. The molecule has 1 atom stereocenters. The van der Waals surface area contributed by atoms with Crippen molar-refractivity contribution in [1.82, 2.24) is 10.2 Å². The van der Waals surface area contributed by atoms with Crippen LogP contribution in [0.25, 0.3) is 0 Å². The monoisotopic (exact) mass is 465 g/mol. The van der Waals surface area contributed by atoms with Gasteiger partial charge in [0, 0.05) is 19.2 Å². The molecule has 0 heterocycles. The molecule has 10 heteroatoms. The van der Waals surface area contributed by atoms with Gasteiger partial charge in [-0.2, -0.15) is 0 Å². The first kappa shape index (κ1) is 25.1. The molecule has 0 unspecified atom stereocenters. The third kappa shape index (κ3) is 6.19. The number of para-hydroxylation sites is 2. The Morgan fingerprint density at radius 3 is 2.34 bits per heavy atom. The summed E-state index contributed by atoms with van der Waals surface area (Å²) in [5, 5.41) is 2.46. The van der Waals surface area contributed by atoms with Crippen LogP contribution in [0.15, 0.2) is 48.5 Å². The van der Waals surface area contributed by atoms with Crippen LogP contribution < -0.4 is 14.4 Å². The Labute approximate surface area is 188 Å². The quantitative estimate of drug-likeness (QED) is 0.580. The van der Waals surface area contributed by atoms with E-state index < -0.39 is 40.2 Å². The molecule has 0 aliphatic carbocycles. The number of sulfonamides is 1. The highest BCUT2D eigenvalue weighted by molar-refractivity contribution is 7.92. The summed E-state index contributed by atoms with van der Waals surface area (Å²) in [6.07, 6.45) is 0.979. The van der Waals surface area contributed by atoms with Crippen molar-refractivity contribution < 1.29 is 27.1 Å². The first-order valence-corrected chi connectivity index (χ1v) is 11.9. The average molecular weight is 466 g/mol. The number of likely N-dealkylation sites (N-methyl/N-ethyl adjacent to an activating group) is 1. The van der Waals surface area contributed by atoms with Gasteiger partial charge in [-0.3, -0.25) is 13.9 Å². The minimum atomic E-state index is -3.89. The Kier molecular flexibility index (Phi) is 8.59. The van der Waals surface area contributed by atoms with Gasteiger partial charge in [0.05, 0.1) is 18.6 Å². The van der Waals surface area contributed by atoms with Crippen LogP contribution in [0.1, 0.15) is 19.4 Å². The van der Waals surface area contributed by atoms with E-state index in [-0.39, 0.29) is 17.8 Å². The molecule has 8 nitrogen and oxygen atoms in total. The van der Waals surface area contributed by atoms with E-state index in [4.69, 9.17) is 4.74 Å². The number of anilines is 1. The van der Waals surface area contributed by atoms with E-state index in [2.05, 4.69) is 5.32 Å². The van der Waals surface area contributed by atoms with Gasteiger partial charge >= 0.3 is 0 Å². The zero-order chi connectivity index (χ0) is 23.9. The van der Waals surface area contributed by atoms with Gasteiger partial charge in [-0.05, 0) is 32.0 Å². The molecule has 0 radical (unpaired) electrons. The van der Waals surface area contributed by atoms with E-state index in [9.17, 15) is 22.4 Å². The van der Waals surface area contributed by atoms with Crippen LogP contribution in [0, 0.1) is 5.82 Å². The van der Waals surface area contributed by atoms with E-state index in [1.165, 1.54) is 38.2 Å². The number of benzene rings is 2. The molecule has 0 bridgehead atoms. The number of carbonyl (C=O) groups is 2. The Morgan fingerprint density at radius 2 is 1.75 bits per heavy atom. The van der Waals surface area contributed by atoms with Crippen molar-refractivity contribution in [1.29, 1.82) is 0 Å². The molecule has 174 valence electrons. The molecule has 2 rings (SSSR count). The van der Waals surface area contributed by atoms with Crippen LogP contribution >= 0.6 is 0 Å². The maximum atomic E-state index is 14.3. The summed E-state index contributed by atoms with van der Waals surface area (Å²) >= 11 is 0. The predicted molar refractivity (Wildman–Crippen MR) is 120 cm³/mol. The summed E-state index contributed by atoms with van der Waals surface area (Å²) in [6.45, 7) is 2.77. The number of ether oxygens (including phenoxy) is 1. The SMILES string of the molecule is CCOc1ccccc1N(CC(=O)N(Cc1ccccc1F)[C@H](C)C(=O)NC)S(C)(=O)=O. The van der Waals surface area contributed by atoms with Crippen molar-refractivity contribution in [3.8, 4) is 5.75 Å². The second-order valence-electron chi connectivity index (χ2n) is 7.07. The smallest absolute Gasteiger partial charge is 0.244 e. The van der Waals surface area contributed by atoms with Gasteiger partial charge in [0.1, 0.15) is 24.2 Å². The van der Waals surface area contributed by atoms with Gasteiger partial charge in [-0.15, -0.1) is 0 Å². The van der Waals surface area contributed by atoms with Gasteiger partial charge in [-0.1, -0.05) is 30.3 Å². The molecular weight excluding hydrogens is 437 g/mol. The van der Waals surface area contributed by atoms with Crippen molar-refractivity contribution in [2.45, 2.75) is 26.4 Å². The minimum Gasteiger partial charge on any atom is -0.492 e. The Morgan fingerprint density at radius 1 is 1.12 bits per heavy atom. The maximum absolute atomic E-state index is 14.3. The number of nitrogens with one attached hydrogen (secondary N) is 1. The highest BCUT2D eigenvalue weighted by atomic mass is 32.2. The van der Waals surface area contributed by atoms with Gasteiger partial charge in [-0.25, -0.2) is 12.8 Å². The van der Waals surface area contributed by atoms with Crippen LogP contribution in [-0.2, 0) is 26.2 Å². The lowest BCUT2D eigenvalue weighted by Gasteiger charge is -2.31. The van der Waals surface area contributed by atoms with E-state index in [0.29, 0.717) is 12.4 Å². The Balaban J connectivity index is 2.44. The van der Waals surface area contributed by atoms with Crippen LogP contribution in [0.5, 0.6) is 5.75 Å². The van der Waals surface area contributed by atoms with Gasteiger partial charge in [0.2, 0.25) is 21.8 Å². The molecule has 2 amide bonds. The number of amides is 2. The lowest BCUT2D eigenvalue weighted by atomic mass is 10.1. The summed E-state index contributed by atoms with van der Waals surface area (Å²) in [6, 6.07) is 11.4. The largest absolute Gasteiger partial charge is 0.492 e. The lowest BCUT2D eigenvalue weighted by Crippen LogP contribution is -2.50. The molecule has 32 heavy (non-hydrogen) atoms. The second-order valence-corrected chi connectivity index (χ2v) is 8.98. The second kappa shape index (κ2) is 10.9. The Bertz CT molecular complexity index is 1060. The molecule has 2 aromatic rings. The third-order valence-corrected chi connectivity index (χ3v) is 5.95. The molecule has 2 aromatic carbocycles. The summed E-state index contributed by atoms with van der Waals surface area (Å²) < 4.78 is 45.9. The topological polar surface area (TPSA) is 96.0 Å². The molecule has 0 aliphatic rings. The number of hydrogen-bond acceptors (Lipinski definition) is 5. The highest BCUT2D eigenvalue weighted by Crippen LogP contribution is 2.30. The summed E-state index contributed by atoms with van der Waals surface area (Å²) in [5.74, 6) is -1.36. The molecule has 0 spiro atoms. The highest BCUT2D eigenvalue weighted by Gasteiger charge is 2.31. The van der Waals surface area contributed by atoms with Crippen LogP contribution in [-0.4, -0.2) is 57.6 Å². The fraction of sp³-hybridized carbons (Fsp3) is 0.364. The molecule has 0 saturated heterocycles. The number of halogens is 1. The summed E-state index contributed by atoms with van der Waals surface area (Å²) in [4.78, 5) is 26.7. The lowest BCUT2D eigenvalue weighted by molar-refractivity contribution is -0.139. The van der Waals surface area contributed by atoms with Gasteiger partial charge < -0.3 is 15.0 Å². The molecule has 1 N–H and O–H groups in total. The molecule has 0 saturated carbocycles. The number of hydrogen-bond donors (Lipinski definition) is 1. The molecule has 0 aliphatic heterocycles. The Hall–Kier alpha value is -3.14. The van der Waals surface area contributed by atoms with Crippen LogP contribution in [0.2, 0.25) is 0 Å². The van der Waals surface area contributed by atoms with E-state index in [0.717, 1.165) is 15.5 Å². The number of carbonyl (C=O) groups excluding carboxylic acids is 2. The van der Waals surface area contributed by atoms with Crippen molar-refractivity contribution in [3.05, 3.63) is 59.9 Å². The maximum Gasteiger partial charge on any atom is 0.244 e.